The van der Waals surface area contributed by atoms with Gasteiger partial charge in [-0.25, -0.2) is 0 Å². The van der Waals surface area contributed by atoms with Gasteiger partial charge >= 0.3 is 0 Å². The third-order valence-electron chi connectivity index (χ3n) is 9.92. The van der Waals surface area contributed by atoms with Crippen molar-refractivity contribution in [3.05, 3.63) is 12.7 Å². The van der Waals surface area contributed by atoms with Crippen LogP contribution >= 0.6 is 0 Å². The summed E-state index contributed by atoms with van der Waals surface area (Å²) in [5, 5.41) is 19.8. The number of likely N-dealkylation sites (tertiary alicyclic amines) is 3. The minimum atomic E-state index is -0.641. The van der Waals surface area contributed by atoms with Crippen LogP contribution in [0, 0.1) is 46.3 Å². The molecule has 0 radical (unpaired) electrons. The molecule has 6 aliphatic rings. The molecule has 0 aromatic carbocycles. The second-order valence-corrected chi connectivity index (χ2v) is 13.3. The Bertz CT molecular complexity index is 1260. The van der Waals surface area contributed by atoms with Crippen LogP contribution in [0.15, 0.2) is 12.7 Å². The molecule has 6 saturated heterocycles. The van der Waals surface area contributed by atoms with Crippen molar-refractivity contribution >= 4 is 23.6 Å². The number of ether oxygens (including phenoxy) is 2. The molecule has 44 heavy (non-hydrogen) atoms. The molecule has 240 valence electrons. The Morgan fingerprint density at radius 3 is 1.98 bits per heavy atom. The van der Waals surface area contributed by atoms with E-state index in [0.29, 0.717) is 37.9 Å². The maximum atomic E-state index is 12.7. The minimum absolute atomic E-state index is 0.0216. The monoisotopic (exact) mass is 610 g/mol. The first-order valence-corrected chi connectivity index (χ1v) is 15.7. The van der Waals surface area contributed by atoms with Crippen LogP contribution in [0.4, 0.5) is 0 Å². The van der Waals surface area contributed by atoms with Gasteiger partial charge in [0.05, 0.1) is 47.3 Å². The number of rotatable bonds is 4. The van der Waals surface area contributed by atoms with Gasteiger partial charge in [-0.3, -0.25) is 33.9 Å². The van der Waals surface area contributed by atoms with E-state index >= 15 is 0 Å². The van der Waals surface area contributed by atoms with Gasteiger partial charge in [-0.2, -0.15) is 10.5 Å². The molecule has 0 aromatic heterocycles. The molecular formula is C32H46N6O6. The van der Waals surface area contributed by atoms with Crippen LogP contribution in [-0.2, 0) is 28.7 Å². The van der Waals surface area contributed by atoms with E-state index in [0.717, 1.165) is 25.9 Å². The highest BCUT2D eigenvalue weighted by molar-refractivity contribution is 6.08. The Morgan fingerprint density at radius 1 is 0.909 bits per heavy atom. The quantitative estimate of drug-likeness (QED) is 0.367. The number of nitrogens with one attached hydrogen (secondary N) is 1. The van der Waals surface area contributed by atoms with Gasteiger partial charge in [0.15, 0.2) is 12.2 Å². The van der Waals surface area contributed by atoms with Gasteiger partial charge in [0.25, 0.3) is 11.8 Å². The van der Waals surface area contributed by atoms with Gasteiger partial charge in [-0.05, 0) is 58.9 Å². The number of likely N-dealkylation sites (N-methyl/N-ethyl adjacent to an activating group) is 2. The third kappa shape index (κ3) is 5.69. The molecule has 0 saturated carbocycles. The van der Waals surface area contributed by atoms with Crippen LogP contribution in [0.5, 0.6) is 0 Å². The Kier molecular flexibility index (Phi) is 10.0. The summed E-state index contributed by atoms with van der Waals surface area (Å²) in [6.07, 6.45) is 2.16. The normalized spacial score (nSPS) is 40.5. The first-order chi connectivity index (χ1) is 20.8. The number of carbonyl (C=O) groups is 4. The smallest absolute Gasteiger partial charge is 0.259 e. The zero-order chi connectivity index (χ0) is 32.6. The molecule has 6 aliphatic heterocycles. The fourth-order valence-electron chi connectivity index (χ4n) is 8.51. The summed E-state index contributed by atoms with van der Waals surface area (Å²) in [5.41, 5.74) is -0.855. The Balaban J connectivity index is 0.000000182. The van der Waals surface area contributed by atoms with Crippen molar-refractivity contribution in [3.63, 3.8) is 0 Å². The van der Waals surface area contributed by atoms with Crippen molar-refractivity contribution in [3.8, 4) is 12.1 Å². The SMILES string of the molecule is C=CC#N.CCN1C(=O)[C@H]2[C@H](O[C@@]3(C)C[C@H](C)CN(CCC#N)[C@@H]23)C1=O.CCN1C(=O)[C@H]2[C@H](O[C@@]3(C)C[C@H](C)CN[C@@H]23)C1=O. The zero-order valence-electron chi connectivity index (χ0n) is 26.7. The van der Waals surface area contributed by atoms with Crippen LogP contribution in [-0.4, -0.2) is 107 Å². The maximum absolute atomic E-state index is 12.7. The van der Waals surface area contributed by atoms with Crippen LogP contribution in [0.3, 0.4) is 0 Å². The van der Waals surface area contributed by atoms with E-state index in [4.69, 9.17) is 20.0 Å². The highest BCUT2D eigenvalue weighted by Crippen LogP contribution is 2.49. The third-order valence-corrected chi connectivity index (χ3v) is 9.92. The summed E-state index contributed by atoms with van der Waals surface area (Å²) in [4.78, 5) is 54.4. The van der Waals surface area contributed by atoms with E-state index in [1.807, 2.05) is 27.7 Å². The Morgan fingerprint density at radius 2 is 1.43 bits per heavy atom. The summed E-state index contributed by atoms with van der Waals surface area (Å²) in [5.74, 6) is -0.327. The van der Waals surface area contributed by atoms with Crippen molar-refractivity contribution in [2.75, 3.05) is 32.7 Å². The molecule has 0 bridgehead atoms. The van der Waals surface area contributed by atoms with Crippen LogP contribution < -0.4 is 5.32 Å². The molecule has 6 heterocycles. The maximum Gasteiger partial charge on any atom is 0.259 e. The summed E-state index contributed by atoms with van der Waals surface area (Å²) >= 11 is 0. The molecule has 0 aliphatic carbocycles. The largest absolute Gasteiger partial charge is 0.360 e. The second-order valence-electron chi connectivity index (χ2n) is 13.3. The molecule has 6 rings (SSSR count). The summed E-state index contributed by atoms with van der Waals surface area (Å²) in [7, 11) is 0. The molecule has 12 nitrogen and oxygen atoms in total. The average molecular weight is 611 g/mol. The van der Waals surface area contributed by atoms with Crippen LogP contribution in [0.25, 0.3) is 0 Å². The van der Waals surface area contributed by atoms with Gasteiger partial charge in [0, 0.05) is 38.7 Å². The predicted molar refractivity (Wildman–Crippen MR) is 159 cm³/mol. The number of imide groups is 2. The van der Waals surface area contributed by atoms with Gasteiger partial charge < -0.3 is 14.8 Å². The average Bonchev–Trinajstić information content (AvgIpc) is 3.61. The fraction of sp³-hybridized carbons (Fsp3) is 0.750. The topological polar surface area (TPSA) is 156 Å². The Hall–Kier alpha value is -3.16. The van der Waals surface area contributed by atoms with Gasteiger partial charge in [0.2, 0.25) is 11.8 Å². The number of piperidine rings is 2. The number of nitrogens with zero attached hydrogens (tertiary/aromatic N) is 5. The lowest BCUT2D eigenvalue weighted by atomic mass is 9.77. The highest BCUT2D eigenvalue weighted by Gasteiger charge is 2.66. The number of amides is 4. The standard InChI is InChI=1S/C16H23N3O3.C13H20N2O3.C3H3N/c1-4-19-14(20)11-12(15(19)21)22-16(3)8-10(2)9-18(13(11)16)7-5-6-17;1-4-15-11(16)8-9(12(15)17)18-13(3)5-7(2)6-14-10(8)13;1-2-3-4/h10-13H,4-5,7-9H2,1-3H3;7-10,14H,4-6H2,1-3H3;2H,1H2/t10-,11-,12-,13-,16-;7-,8-,9-,10-,13-;/m00./s1. The molecular weight excluding hydrogens is 564 g/mol. The number of nitriles is 2. The van der Waals surface area contributed by atoms with E-state index in [-0.39, 0.29) is 47.2 Å². The molecule has 12 heteroatoms. The predicted octanol–water partition coefficient (Wildman–Crippen LogP) is 1.62. The molecule has 0 unspecified atom stereocenters. The van der Waals surface area contributed by atoms with Crippen molar-refractivity contribution in [2.45, 2.75) is 96.3 Å². The molecule has 1 N–H and O–H groups in total. The van der Waals surface area contributed by atoms with E-state index in [1.165, 1.54) is 15.9 Å². The fourth-order valence-corrected chi connectivity index (χ4v) is 8.51. The number of fused-ring (bicyclic) bond motifs is 6. The molecule has 0 aromatic rings. The summed E-state index contributed by atoms with van der Waals surface area (Å²) in [6, 6.07) is 3.75. The number of carbonyl (C=O) groups excluding carboxylic acids is 4. The Labute approximate surface area is 260 Å². The lowest BCUT2D eigenvalue weighted by Crippen LogP contribution is -2.59. The first kappa shape index (κ1) is 33.7. The van der Waals surface area contributed by atoms with Crippen LogP contribution in [0.1, 0.15) is 60.8 Å². The zero-order valence-corrected chi connectivity index (χ0v) is 26.7. The van der Waals surface area contributed by atoms with E-state index < -0.39 is 23.7 Å². The van der Waals surface area contributed by atoms with Crippen molar-refractivity contribution in [1.29, 1.82) is 10.5 Å². The van der Waals surface area contributed by atoms with Crippen molar-refractivity contribution in [1.82, 2.24) is 20.0 Å². The van der Waals surface area contributed by atoms with Crippen LogP contribution in [0.2, 0.25) is 0 Å². The summed E-state index contributed by atoms with van der Waals surface area (Å²) in [6.45, 7) is 18.3. The molecule has 10 atom stereocenters. The van der Waals surface area contributed by atoms with E-state index in [2.05, 4.69) is 36.7 Å². The minimum Gasteiger partial charge on any atom is -0.360 e. The molecule has 6 fully saturated rings. The lowest BCUT2D eigenvalue weighted by molar-refractivity contribution is -0.153. The summed E-state index contributed by atoms with van der Waals surface area (Å²) < 4.78 is 12.1. The lowest BCUT2D eigenvalue weighted by Gasteiger charge is -2.47. The molecule has 4 amide bonds. The van der Waals surface area contributed by atoms with Crippen molar-refractivity contribution in [2.24, 2.45) is 23.7 Å². The number of allylic oxidation sites excluding steroid dienone is 1. The van der Waals surface area contributed by atoms with Crippen molar-refractivity contribution < 1.29 is 28.7 Å². The van der Waals surface area contributed by atoms with Gasteiger partial charge in [-0.15, -0.1) is 0 Å². The highest BCUT2D eigenvalue weighted by atomic mass is 16.5. The van der Waals surface area contributed by atoms with E-state index in [9.17, 15) is 19.2 Å². The molecule has 0 spiro atoms. The number of hydrogen-bond acceptors (Lipinski definition) is 10. The van der Waals surface area contributed by atoms with Gasteiger partial charge in [0.1, 0.15) is 0 Å². The van der Waals surface area contributed by atoms with E-state index in [1.54, 1.807) is 6.07 Å². The number of hydrogen-bond donors (Lipinski definition) is 1. The second kappa shape index (κ2) is 13.1. The first-order valence-electron chi connectivity index (χ1n) is 15.7. The van der Waals surface area contributed by atoms with Gasteiger partial charge in [-0.1, -0.05) is 20.4 Å².